The van der Waals surface area contributed by atoms with Gasteiger partial charge in [-0.25, -0.2) is 10.4 Å². The van der Waals surface area contributed by atoms with Gasteiger partial charge < -0.3 is 10.1 Å². The molecule has 9 heteroatoms. The summed E-state index contributed by atoms with van der Waals surface area (Å²) in [6.07, 6.45) is 2.16. The summed E-state index contributed by atoms with van der Waals surface area (Å²) in [6.45, 7) is 1.94. The van der Waals surface area contributed by atoms with Crippen LogP contribution in [0.5, 0.6) is 5.75 Å². The molecule has 1 heterocycles. The van der Waals surface area contributed by atoms with Crippen LogP contribution in [0.15, 0.2) is 55.6 Å². The number of hydrazone groups is 1. The zero-order valence-corrected chi connectivity index (χ0v) is 18.2. The Morgan fingerprint density at radius 3 is 2.74 bits per heavy atom. The summed E-state index contributed by atoms with van der Waals surface area (Å²) in [5.41, 5.74) is 5.10. The van der Waals surface area contributed by atoms with E-state index in [1.54, 1.807) is 12.1 Å². The van der Waals surface area contributed by atoms with E-state index in [4.69, 9.17) is 0 Å². The molecule has 6 nitrogen and oxygen atoms in total. The molecular formula is C18H16Br2N4O2S. The van der Waals surface area contributed by atoms with Crippen LogP contribution in [0.2, 0.25) is 0 Å². The number of halogens is 2. The van der Waals surface area contributed by atoms with Gasteiger partial charge in [-0.2, -0.15) is 5.10 Å². The van der Waals surface area contributed by atoms with Gasteiger partial charge in [-0.1, -0.05) is 30.8 Å². The number of carbonyl (C=O) groups is 1. The summed E-state index contributed by atoms with van der Waals surface area (Å²) < 4.78 is 1.08. The molecule has 0 saturated heterocycles. The fourth-order valence-corrected chi connectivity index (χ4v) is 4.48. The molecule has 0 unspecified atom stereocenters. The second-order valence-corrected chi connectivity index (χ2v) is 8.54. The van der Waals surface area contributed by atoms with E-state index in [0.717, 1.165) is 16.6 Å². The summed E-state index contributed by atoms with van der Waals surface area (Å²) in [5, 5.41) is 14.1. The molecule has 0 spiro atoms. The second kappa shape index (κ2) is 8.90. The first-order valence-electron chi connectivity index (χ1n) is 8.10. The van der Waals surface area contributed by atoms with Gasteiger partial charge in [0.25, 0.3) is 5.91 Å². The van der Waals surface area contributed by atoms with E-state index in [-0.39, 0.29) is 16.9 Å². The number of thioether (sulfide) groups is 1. The number of carbonyl (C=O) groups excluding carboxylic acids is 1. The van der Waals surface area contributed by atoms with Crippen molar-refractivity contribution in [2.45, 2.75) is 23.8 Å². The number of imidazole rings is 1. The Labute approximate surface area is 177 Å². The minimum absolute atomic E-state index is 0.115. The highest BCUT2D eigenvalue weighted by molar-refractivity contribution is 9.11. The molecule has 1 atom stereocenters. The molecule has 3 N–H and O–H groups in total. The molecule has 3 aromatic rings. The Bertz CT molecular complexity index is 950. The standard InChI is InChI=1S/C18H16Br2N4O2S/c1-2-15(27-18-22-13-5-3-4-6-14(13)23-18)17(26)24-21-9-10-7-11(19)16(25)12(20)8-10/h3-9,15,25H,2H2,1H3,(H,22,23)(H,24,26)/b21-9-/t15-/m0/s1. The van der Waals surface area contributed by atoms with Crippen molar-refractivity contribution in [3.63, 3.8) is 0 Å². The lowest BCUT2D eigenvalue weighted by Crippen LogP contribution is -2.28. The molecule has 27 heavy (non-hydrogen) atoms. The number of aromatic hydroxyl groups is 1. The Kier molecular flexibility index (Phi) is 6.56. The first-order valence-corrected chi connectivity index (χ1v) is 10.6. The normalized spacial score (nSPS) is 12.6. The van der Waals surface area contributed by atoms with Gasteiger partial charge in [0.15, 0.2) is 5.16 Å². The fourth-order valence-electron chi connectivity index (χ4n) is 2.34. The number of rotatable bonds is 6. The van der Waals surface area contributed by atoms with E-state index in [1.165, 1.54) is 18.0 Å². The molecule has 1 amide bonds. The van der Waals surface area contributed by atoms with Crippen molar-refractivity contribution in [3.05, 3.63) is 50.9 Å². The predicted octanol–water partition coefficient (Wildman–Crippen LogP) is 4.81. The smallest absolute Gasteiger partial charge is 0.253 e. The number of phenols is 1. The zero-order chi connectivity index (χ0) is 19.4. The predicted molar refractivity (Wildman–Crippen MR) is 115 cm³/mol. The molecule has 0 aliphatic carbocycles. The average molecular weight is 512 g/mol. The van der Waals surface area contributed by atoms with Crippen molar-refractivity contribution < 1.29 is 9.90 Å². The number of phenolic OH excluding ortho intramolecular Hbond substituents is 1. The number of amides is 1. The number of aromatic amines is 1. The number of benzene rings is 2. The van der Waals surface area contributed by atoms with Crippen LogP contribution in [0.25, 0.3) is 11.0 Å². The van der Waals surface area contributed by atoms with Crippen LogP contribution in [-0.4, -0.2) is 32.4 Å². The van der Waals surface area contributed by atoms with Crippen molar-refractivity contribution in [1.82, 2.24) is 15.4 Å². The number of nitrogens with zero attached hydrogens (tertiary/aromatic N) is 2. The van der Waals surface area contributed by atoms with Crippen molar-refractivity contribution in [3.8, 4) is 5.75 Å². The lowest BCUT2D eigenvalue weighted by atomic mass is 10.2. The van der Waals surface area contributed by atoms with E-state index in [2.05, 4.69) is 52.4 Å². The van der Waals surface area contributed by atoms with Crippen LogP contribution in [0, 0.1) is 0 Å². The van der Waals surface area contributed by atoms with Gasteiger partial charge in [-0.3, -0.25) is 4.79 Å². The topological polar surface area (TPSA) is 90.4 Å². The minimum Gasteiger partial charge on any atom is -0.506 e. The molecule has 140 valence electrons. The number of nitrogens with one attached hydrogen (secondary N) is 2. The molecule has 0 fully saturated rings. The summed E-state index contributed by atoms with van der Waals surface area (Å²) >= 11 is 7.90. The lowest BCUT2D eigenvalue weighted by Gasteiger charge is -2.10. The monoisotopic (exact) mass is 510 g/mol. The zero-order valence-electron chi connectivity index (χ0n) is 14.2. The number of hydrogen-bond acceptors (Lipinski definition) is 5. The Morgan fingerprint density at radius 2 is 2.07 bits per heavy atom. The van der Waals surface area contributed by atoms with Crippen molar-refractivity contribution in [1.29, 1.82) is 0 Å². The van der Waals surface area contributed by atoms with Gasteiger partial charge in [0.05, 0.1) is 31.4 Å². The molecule has 2 aromatic carbocycles. The van der Waals surface area contributed by atoms with E-state index in [0.29, 0.717) is 20.5 Å². The van der Waals surface area contributed by atoms with E-state index >= 15 is 0 Å². The van der Waals surface area contributed by atoms with E-state index in [9.17, 15) is 9.90 Å². The third kappa shape index (κ3) is 4.91. The first kappa shape index (κ1) is 19.9. The summed E-state index contributed by atoms with van der Waals surface area (Å²) in [4.78, 5) is 20.1. The van der Waals surface area contributed by atoms with Crippen LogP contribution in [-0.2, 0) is 4.79 Å². The van der Waals surface area contributed by atoms with Gasteiger partial charge in [-0.05, 0) is 68.1 Å². The molecule has 0 saturated carbocycles. The molecular weight excluding hydrogens is 496 g/mol. The Hall–Kier alpha value is -1.84. The maximum atomic E-state index is 12.4. The molecule has 3 rings (SSSR count). The highest BCUT2D eigenvalue weighted by Gasteiger charge is 2.19. The average Bonchev–Trinajstić information content (AvgIpc) is 3.06. The molecule has 0 aliphatic rings. The maximum Gasteiger partial charge on any atom is 0.253 e. The summed E-state index contributed by atoms with van der Waals surface area (Å²) in [7, 11) is 0. The van der Waals surface area contributed by atoms with Gasteiger partial charge in [0.1, 0.15) is 5.75 Å². The first-order chi connectivity index (χ1) is 13.0. The van der Waals surface area contributed by atoms with Gasteiger partial charge in [0.2, 0.25) is 0 Å². The van der Waals surface area contributed by atoms with Crippen LogP contribution in [0.1, 0.15) is 18.9 Å². The van der Waals surface area contributed by atoms with Gasteiger partial charge in [0, 0.05) is 0 Å². The molecule has 0 aliphatic heterocycles. The molecule has 0 radical (unpaired) electrons. The maximum absolute atomic E-state index is 12.4. The number of fused-ring (bicyclic) bond motifs is 1. The summed E-state index contributed by atoms with van der Waals surface area (Å²) in [5.74, 6) is -0.0828. The quantitative estimate of drug-likeness (QED) is 0.251. The Balaban J connectivity index is 1.64. The van der Waals surface area contributed by atoms with Crippen molar-refractivity contribution in [2.24, 2.45) is 5.10 Å². The van der Waals surface area contributed by atoms with Crippen LogP contribution < -0.4 is 5.43 Å². The van der Waals surface area contributed by atoms with Crippen LogP contribution in [0.4, 0.5) is 0 Å². The third-order valence-electron chi connectivity index (χ3n) is 3.71. The fraction of sp³-hybridized carbons (Fsp3) is 0.167. The van der Waals surface area contributed by atoms with Gasteiger partial charge >= 0.3 is 0 Å². The highest BCUT2D eigenvalue weighted by atomic mass is 79.9. The molecule has 0 bridgehead atoms. The highest BCUT2D eigenvalue weighted by Crippen LogP contribution is 2.32. The van der Waals surface area contributed by atoms with Crippen LogP contribution in [0.3, 0.4) is 0 Å². The summed E-state index contributed by atoms with van der Waals surface area (Å²) in [6, 6.07) is 11.2. The second-order valence-electron chi connectivity index (χ2n) is 5.64. The van der Waals surface area contributed by atoms with Crippen molar-refractivity contribution >= 4 is 66.8 Å². The number of aromatic nitrogens is 2. The number of para-hydroxylation sites is 2. The number of hydrogen-bond donors (Lipinski definition) is 3. The SMILES string of the molecule is CC[C@H](Sc1nc2ccccc2[nH]1)C(=O)N/N=C\c1cc(Br)c(O)c(Br)c1. The third-order valence-corrected chi connectivity index (χ3v) is 6.17. The number of H-pyrrole nitrogens is 1. The molecule has 1 aromatic heterocycles. The van der Waals surface area contributed by atoms with Gasteiger partial charge in [-0.15, -0.1) is 0 Å². The van der Waals surface area contributed by atoms with E-state index in [1.807, 2.05) is 31.2 Å². The van der Waals surface area contributed by atoms with Crippen LogP contribution >= 0.6 is 43.6 Å². The minimum atomic E-state index is -0.319. The Morgan fingerprint density at radius 1 is 1.37 bits per heavy atom. The lowest BCUT2D eigenvalue weighted by molar-refractivity contribution is -0.120. The largest absolute Gasteiger partial charge is 0.506 e. The van der Waals surface area contributed by atoms with Crippen molar-refractivity contribution in [2.75, 3.05) is 0 Å². The van der Waals surface area contributed by atoms with E-state index < -0.39 is 0 Å².